The predicted molar refractivity (Wildman–Crippen MR) is 75.2 cm³/mol. The van der Waals surface area contributed by atoms with Crippen LogP contribution in [0.2, 0.25) is 0 Å². The Morgan fingerprint density at radius 1 is 1.16 bits per heavy atom. The van der Waals surface area contributed by atoms with Crippen LogP contribution in [0.3, 0.4) is 0 Å². The first-order chi connectivity index (χ1) is 9.42. The van der Waals surface area contributed by atoms with Crippen LogP contribution >= 0.6 is 0 Å². The van der Waals surface area contributed by atoms with Gasteiger partial charge >= 0.3 is 0 Å². The van der Waals surface area contributed by atoms with Crippen LogP contribution in [0.15, 0.2) is 23.5 Å². The molecule has 1 aromatic rings. The van der Waals surface area contributed by atoms with Crippen LogP contribution in [-0.4, -0.2) is 42.5 Å². The molecular formula is C14H20N4O. The maximum Gasteiger partial charge on any atom is 0.116 e. The number of nitrogens with zero attached hydrogens (tertiary/aromatic N) is 4. The van der Waals surface area contributed by atoms with Gasteiger partial charge in [0.25, 0.3) is 0 Å². The average Bonchev–Trinajstić information content (AvgIpc) is 2.49. The normalized spacial score (nSPS) is 20.7. The van der Waals surface area contributed by atoms with Gasteiger partial charge in [0.15, 0.2) is 0 Å². The molecule has 3 rings (SSSR count). The van der Waals surface area contributed by atoms with Gasteiger partial charge in [0.05, 0.1) is 25.0 Å². The molecule has 0 bridgehead atoms. The van der Waals surface area contributed by atoms with Crippen molar-refractivity contribution in [3.05, 3.63) is 24.0 Å². The number of likely N-dealkylation sites (tertiary alicyclic amines) is 1. The van der Waals surface area contributed by atoms with E-state index in [1.165, 1.54) is 37.9 Å². The fourth-order valence-electron chi connectivity index (χ4n) is 2.55. The lowest BCUT2D eigenvalue weighted by Gasteiger charge is -2.27. The fraction of sp³-hybridized carbons (Fsp3) is 0.571. The molecule has 1 saturated heterocycles. The minimum atomic E-state index is 0.632. The Bertz CT molecular complexity index is 443. The minimum Gasteiger partial charge on any atom is -0.299 e. The van der Waals surface area contributed by atoms with E-state index in [1.807, 2.05) is 12.4 Å². The summed E-state index contributed by atoms with van der Waals surface area (Å²) >= 11 is 0. The number of rotatable bonds is 3. The van der Waals surface area contributed by atoms with Gasteiger partial charge in [-0.3, -0.25) is 19.7 Å². The van der Waals surface area contributed by atoms with Crippen LogP contribution in [-0.2, 0) is 11.4 Å². The first-order valence-electron chi connectivity index (χ1n) is 7.00. The lowest BCUT2D eigenvalue weighted by atomic mass is 10.1. The molecule has 0 spiro atoms. The quantitative estimate of drug-likeness (QED) is 0.831. The van der Waals surface area contributed by atoms with Crippen molar-refractivity contribution in [2.45, 2.75) is 25.8 Å². The molecule has 1 aromatic heterocycles. The molecule has 0 radical (unpaired) electrons. The molecule has 0 saturated carbocycles. The third-order valence-electron chi connectivity index (χ3n) is 3.53. The Balaban J connectivity index is 1.68. The van der Waals surface area contributed by atoms with Crippen molar-refractivity contribution in [3.63, 3.8) is 0 Å². The van der Waals surface area contributed by atoms with Crippen molar-refractivity contribution in [1.29, 1.82) is 0 Å². The van der Waals surface area contributed by atoms with E-state index in [9.17, 15) is 0 Å². The zero-order chi connectivity index (χ0) is 12.9. The lowest BCUT2D eigenvalue weighted by Crippen LogP contribution is -2.30. The molecule has 3 heterocycles. The molecule has 2 aliphatic heterocycles. The molecule has 0 aromatic carbocycles. The molecule has 0 aliphatic carbocycles. The summed E-state index contributed by atoms with van der Waals surface area (Å²) in [6.45, 7) is 4.74. The van der Waals surface area contributed by atoms with Gasteiger partial charge in [-0.15, -0.1) is 0 Å². The van der Waals surface area contributed by atoms with Gasteiger partial charge in [-0.05, 0) is 37.6 Å². The maximum atomic E-state index is 5.54. The second kappa shape index (κ2) is 6.12. The number of hydrogen-bond acceptors (Lipinski definition) is 5. The van der Waals surface area contributed by atoms with Gasteiger partial charge in [0, 0.05) is 12.7 Å². The topological polar surface area (TPSA) is 41.0 Å². The number of aliphatic imine (C=N–C) groups is 1. The summed E-state index contributed by atoms with van der Waals surface area (Å²) in [4.78, 5) is 16.6. The molecule has 19 heavy (non-hydrogen) atoms. The second-order valence-corrected chi connectivity index (χ2v) is 5.07. The third kappa shape index (κ3) is 3.30. The summed E-state index contributed by atoms with van der Waals surface area (Å²) in [5.74, 6) is 0. The van der Waals surface area contributed by atoms with Crippen molar-refractivity contribution in [1.82, 2.24) is 9.88 Å². The fourth-order valence-corrected chi connectivity index (χ4v) is 2.55. The number of aromatic nitrogens is 1. The highest BCUT2D eigenvalue weighted by molar-refractivity contribution is 5.76. The number of piperidine rings is 1. The molecule has 0 unspecified atom stereocenters. The van der Waals surface area contributed by atoms with E-state index < -0.39 is 0 Å². The maximum absolute atomic E-state index is 5.54. The first-order valence-corrected chi connectivity index (χ1v) is 7.00. The summed E-state index contributed by atoms with van der Waals surface area (Å²) in [5, 5.41) is 1.70. The molecule has 0 atom stereocenters. The van der Waals surface area contributed by atoms with Crippen molar-refractivity contribution >= 4 is 12.0 Å². The lowest BCUT2D eigenvalue weighted by molar-refractivity contribution is 0.144. The van der Waals surface area contributed by atoms with E-state index in [1.54, 1.807) is 11.4 Å². The summed E-state index contributed by atoms with van der Waals surface area (Å²) < 4.78 is 0. The largest absolute Gasteiger partial charge is 0.299 e. The van der Waals surface area contributed by atoms with Gasteiger partial charge in [-0.2, -0.15) is 0 Å². The van der Waals surface area contributed by atoms with Crippen LogP contribution in [0.5, 0.6) is 0 Å². The van der Waals surface area contributed by atoms with E-state index in [0.29, 0.717) is 6.61 Å². The van der Waals surface area contributed by atoms with Gasteiger partial charge in [0.1, 0.15) is 6.34 Å². The number of hydrogen-bond donors (Lipinski definition) is 0. The molecule has 0 amide bonds. The van der Waals surface area contributed by atoms with E-state index in [0.717, 1.165) is 18.8 Å². The molecule has 0 N–H and O–H groups in total. The van der Waals surface area contributed by atoms with Gasteiger partial charge in [-0.1, -0.05) is 6.42 Å². The zero-order valence-electron chi connectivity index (χ0n) is 11.2. The Hall–Kier alpha value is -1.46. The molecule has 5 heteroatoms. The van der Waals surface area contributed by atoms with Gasteiger partial charge < -0.3 is 0 Å². The zero-order valence-corrected chi connectivity index (χ0v) is 11.2. The third-order valence-corrected chi connectivity index (χ3v) is 3.53. The number of anilines is 1. The smallest absolute Gasteiger partial charge is 0.116 e. The Labute approximate surface area is 113 Å². The van der Waals surface area contributed by atoms with Crippen molar-refractivity contribution in [3.8, 4) is 0 Å². The highest BCUT2D eigenvalue weighted by Gasteiger charge is 2.13. The van der Waals surface area contributed by atoms with Gasteiger partial charge in [-0.25, -0.2) is 5.06 Å². The summed E-state index contributed by atoms with van der Waals surface area (Å²) in [5.41, 5.74) is 2.19. The average molecular weight is 260 g/mol. The number of hydroxylamine groups is 1. The first kappa shape index (κ1) is 12.6. The van der Waals surface area contributed by atoms with Crippen LogP contribution in [0.25, 0.3) is 0 Å². The summed E-state index contributed by atoms with van der Waals surface area (Å²) in [7, 11) is 0. The van der Waals surface area contributed by atoms with E-state index in [4.69, 9.17) is 4.84 Å². The van der Waals surface area contributed by atoms with Crippen LogP contribution in [0, 0.1) is 0 Å². The monoisotopic (exact) mass is 260 g/mol. The molecule has 5 nitrogen and oxygen atoms in total. The SMILES string of the molecule is C1=NCCON1c1cncc(CN2CCCCC2)c1. The Kier molecular flexibility index (Phi) is 4.05. The predicted octanol–water partition coefficient (Wildman–Crippen LogP) is 1.85. The van der Waals surface area contributed by atoms with Crippen LogP contribution < -0.4 is 5.06 Å². The molecule has 102 valence electrons. The highest BCUT2D eigenvalue weighted by Crippen LogP contribution is 2.18. The second-order valence-electron chi connectivity index (χ2n) is 5.07. The van der Waals surface area contributed by atoms with Crippen LogP contribution in [0.1, 0.15) is 24.8 Å². The molecule has 2 aliphatic rings. The minimum absolute atomic E-state index is 0.632. The van der Waals surface area contributed by atoms with Crippen molar-refractivity contribution in [2.24, 2.45) is 4.99 Å². The standard InChI is InChI=1S/C14H20N4O/c1-2-5-17(6-3-1)11-13-8-14(10-16-9-13)18-12-15-4-7-19-18/h8-10,12H,1-7,11H2. The van der Waals surface area contributed by atoms with E-state index in [2.05, 4.69) is 20.9 Å². The molecular weight excluding hydrogens is 240 g/mol. The van der Waals surface area contributed by atoms with E-state index >= 15 is 0 Å². The summed E-state index contributed by atoms with van der Waals surface area (Å²) in [6.07, 6.45) is 9.48. The van der Waals surface area contributed by atoms with Gasteiger partial charge in [0.2, 0.25) is 0 Å². The Morgan fingerprint density at radius 2 is 2.05 bits per heavy atom. The summed E-state index contributed by atoms with van der Waals surface area (Å²) in [6, 6.07) is 2.14. The molecule has 1 fully saturated rings. The number of pyridine rings is 1. The van der Waals surface area contributed by atoms with E-state index in [-0.39, 0.29) is 0 Å². The van der Waals surface area contributed by atoms with Crippen molar-refractivity contribution in [2.75, 3.05) is 31.3 Å². The van der Waals surface area contributed by atoms with Crippen molar-refractivity contribution < 1.29 is 4.84 Å². The van der Waals surface area contributed by atoms with Crippen LogP contribution in [0.4, 0.5) is 5.69 Å². The highest BCUT2D eigenvalue weighted by atomic mass is 16.7. The Morgan fingerprint density at radius 3 is 2.84 bits per heavy atom.